The molecule has 0 aliphatic carbocycles. The van der Waals surface area contributed by atoms with E-state index in [0.29, 0.717) is 6.07 Å². The topological polar surface area (TPSA) is 112 Å². The van der Waals surface area contributed by atoms with Crippen molar-refractivity contribution >= 4 is 29.5 Å². The van der Waals surface area contributed by atoms with Crippen LogP contribution in [0.4, 0.5) is 13.2 Å². The van der Waals surface area contributed by atoms with Gasteiger partial charge in [-0.1, -0.05) is 12.1 Å². The van der Waals surface area contributed by atoms with Crippen molar-refractivity contribution in [3.63, 3.8) is 0 Å². The van der Waals surface area contributed by atoms with E-state index in [0.717, 1.165) is 42.8 Å². The zero-order valence-electron chi connectivity index (χ0n) is 18.5. The molecule has 1 aliphatic heterocycles. The molecule has 0 N–H and O–H groups in total. The second kappa shape index (κ2) is 8.61. The third-order valence-electron chi connectivity index (χ3n) is 5.83. The van der Waals surface area contributed by atoms with Crippen molar-refractivity contribution in [1.82, 2.24) is 0 Å². The van der Waals surface area contributed by atoms with Crippen LogP contribution in [0.3, 0.4) is 0 Å². The van der Waals surface area contributed by atoms with Gasteiger partial charge < -0.3 is 4.74 Å². The minimum absolute atomic E-state index is 0.00242. The van der Waals surface area contributed by atoms with Crippen molar-refractivity contribution < 1.29 is 43.2 Å². The molecule has 0 radical (unpaired) electrons. The molecule has 0 saturated carbocycles. The van der Waals surface area contributed by atoms with Crippen LogP contribution in [0.2, 0.25) is 0 Å². The zero-order chi connectivity index (χ0) is 25.7. The fourth-order valence-electron chi connectivity index (χ4n) is 3.87. The minimum Gasteiger partial charge on any atom is -0.373 e. The monoisotopic (exact) mass is 540 g/mol. The van der Waals surface area contributed by atoms with Crippen molar-refractivity contribution in [3.8, 4) is 0 Å². The maximum absolute atomic E-state index is 13.4. The highest BCUT2D eigenvalue weighted by atomic mass is 32.2. The second-order valence-electron chi connectivity index (χ2n) is 8.54. The van der Waals surface area contributed by atoms with Gasteiger partial charge in [0.2, 0.25) is 0 Å². The molecule has 0 amide bonds. The van der Waals surface area contributed by atoms with Gasteiger partial charge in [0.25, 0.3) is 0 Å². The van der Waals surface area contributed by atoms with Gasteiger partial charge in [-0.2, -0.15) is 13.2 Å². The van der Waals surface area contributed by atoms with E-state index in [1.54, 1.807) is 0 Å². The average Bonchev–Trinajstić information content (AvgIpc) is 2.71. The average molecular weight is 541 g/mol. The largest absolute Gasteiger partial charge is 0.416 e. The van der Waals surface area contributed by atoms with E-state index in [1.165, 1.54) is 13.0 Å². The maximum Gasteiger partial charge on any atom is 0.416 e. The Morgan fingerprint density at radius 2 is 1.53 bits per heavy atom. The van der Waals surface area contributed by atoms with Gasteiger partial charge in [0.05, 0.1) is 31.1 Å². The number of benzene rings is 2. The number of rotatable bonds is 5. The van der Waals surface area contributed by atoms with E-state index in [-0.39, 0.29) is 25.0 Å². The Bertz CT molecular complexity index is 1430. The molecule has 34 heavy (non-hydrogen) atoms. The number of halogens is 3. The molecule has 188 valence electrons. The number of alkyl halides is 3. The maximum atomic E-state index is 13.4. The van der Waals surface area contributed by atoms with Gasteiger partial charge in [0.1, 0.15) is 0 Å². The SMILES string of the molecule is CC1(S(=O)(=O)c2cccc(C(F)(F)F)c2)CCOC(c2ccc(S(C)(=O)=O)c(S(C)(=O)=O)c2)C1. The fourth-order valence-corrected chi connectivity index (χ4v) is 8.14. The van der Waals surface area contributed by atoms with Crippen LogP contribution in [-0.2, 0) is 40.4 Å². The zero-order valence-corrected chi connectivity index (χ0v) is 20.9. The highest BCUT2D eigenvalue weighted by Crippen LogP contribution is 2.43. The van der Waals surface area contributed by atoms with Crippen LogP contribution < -0.4 is 0 Å². The van der Waals surface area contributed by atoms with Crippen LogP contribution in [-0.4, -0.2) is 49.1 Å². The smallest absolute Gasteiger partial charge is 0.373 e. The Morgan fingerprint density at radius 3 is 2.09 bits per heavy atom. The summed E-state index contributed by atoms with van der Waals surface area (Å²) in [5.41, 5.74) is -0.840. The van der Waals surface area contributed by atoms with E-state index in [4.69, 9.17) is 4.74 Å². The summed E-state index contributed by atoms with van der Waals surface area (Å²) in [7, 11) is -12.1. The Kier molecular flexibility index (Phi) is 6.75. The summed E-state index contributed by atoms with van der Waals surface area (Å²) in [5, 5.41) is 0. The normalized spacial score (nSPS) is 22.5. The Balaban J connectivity index is 2.04. The molecule has 0 spiro atoms. The lowest BCUT2D eigenvalue weighted by Gasteiger charge is -2.38. The lowest BCUT2D eigenvalue weighted by Crippen LogP contribution is -2.42. The quantitative estimate of drug-likeness (QED) is 0.570. The summed E-state index contributed by atoms with van der Waals surface area (Å²) in [6.07, 6.45) is -4.09. The number of hydrogen-bond donors (Lipinski definition) is 0. The van der Waals surface area contributed by atoms with Gasteiger partial charge in [-0.3, -0.25) is 0 Å². The molecule has 1 heterocycles. The fraction of sp³-hybridized carbons (Fsp3) is 0.429. The number of sulfone groups is 3. The van der Waals surface area contributed by atoms with Gasteiger partial charge in [0.15, 0.2) is 29.5 Å². The first kappa shape index (κ1) is 26.6. The Labute approximate surface area is 196 Å². The third-order valence-corrected chi connectivity index (χ3v) is 10.8. The van der Waals surface area contributed by atoms with Crippen LogP contribution in [0.1, 0.15) is 37.0 Å². The summed E-state index contributed by atoms with van der Waals surface area (Å²) in [4.78, 5) is -1.31. The Hall–Kier alpha value is -1.96. The van der Waals surface area contributed by atoms with Crippen molar-refractivity contribution in [1.29, 1.82) is 0 Å². The van der Waals surface area contributed by atoms with Gasteiger partial charge in [-0.25, -0.2) is 25.3 Å². The molecular weight excluding hydrogens is 517 g/mol. The molecule has 1 aliphatic rings. The van der Waals surface area contributed by atoms with E-state index in [1.807, 2.05) is 0 Å². The number of ether oxygens (including phenoxy) is 1. The summed E-state index contributed by atoms with van der Waals surface area (Å²) in [6, 6.07) is 7.11. The third kappa shape index (κ3) is 5.16. The highest BCUT2D eigenvalue weighted by Gasteiger charge is 2.46. The van der Waals surface area contributed by atoms with Crippen molar-refractivity contribution in [2.24, 2.45) is 0 Å². The van der Waals surface area contributed by atoms with E-state index >= 15 is 0 Å². The minimum atomic E-state index is -4.71. The molecule has 2 atom stereocenters. The van der Waals surface area contributed by atoms with Gasteiger partial charge in [0, 0.05) is 19.1 Å². The van der Waals surface area contributed by atoms with E-state index in [9.17, 15) is 38.4 Å². The highest BCUT2D eigenvalue weighted by molar-refractivity contribution is 7.94. The molecule has 1 fully saturated rings. The predicted molar refractivity (Wildman–Crippen MR) is 118 cm³/mol. The molecule has 2 aromatic carbocycles. The molecule has 3 rings (SSSR count). The predicted octanol–water partition coefficient (Wildman–Crippen LogP) is 3.60. The molecule has 2 aromatic rings. The first-order chi connectivity index (χ1) is 15.4. The first-order valence-corrected chi connectivity index (χ1v) is 15.2. The van der Waals surface area contributed by atoms with Crippen molar-refractivity contribution in [2.75, 3.05) is 19.1 Å². The summed E-state index contributed by atoms with van der Waals surface area (Å²) in [5.74, 6) is 0. The molecule has 0 aromatic heterocycles. The summed E-state index contributed by atoms with van der Waals surface area (Å²) in [6.45, 7) is 1.35. The lowest BCUT2D eigenvalue weighted by atomic mass is 9.92. The van der Waals surface area contributed by atoms with Crippen LogP contribution in [0.5, 0.6) is 0 Å². The van der Waals surface area contributed by atoms with Gasteiger partial charge in [-0.05, 0) is 55.7 Å². The first-order valence-electron chi connectivity index (χ1n) is 9.94. The van der Waals surface area contributed by atoms with Gasteiger partial charge in [-0.15, -0.1) is 0 Å². The lowest BCUT2D eigenvalue weighted by molar-refractivity contribution is -0.137. The standard InChI is InChI=1S/C21H23F3O7S3/c1-20(34(29,30)16-6-4-5-15(12-16)21(22,23)24)9-10-31-17(13-20)14-7-8-18(32(2,25)26)19(11-14)33(3,27)28/h4-8,11-12,17H,9-10,13H2,1-3H3. The van der Waals surface area contributed by atoms with Crippen LogP contribution in [0.15, 0.2) is 57.2 Å². The molecule has 1 saturated heterocycles. The number of hydrogen-bond acceptors (Lipinski definition) is 7. The van der Waals surface area contributed by atoms with Gasteiger partial charge >= 0.3 is 6.18 Å². The molecule has 2 unspecified atom stereocenters. The van der Waals surface area contributed by atoms with E-state index in [2.05, 4.69) is 0 Å². The van der Waals surface area contributed by atoms with Crippen LogP contribution in [0, 0.1) is 0 Å². The summed E-state index contributed by atoms with van der Waals surface area (Å²) >= 11 is 0. The van der Waals surface area contributed by atoms with Crippen LogP contribution in [0.25, 0.3) is 0 Å². The Morgan fingerprint density at radius 1 is 0.912 bits per heavy atom. The molecule has 13 heteroatoms. The molecule has 7 nitrogen and oxygen atoms in total. The molecule has 0 bridgehead atoms. The van der Waals surface area contributed by atoms with E-state index < -0.39 is 66.8 Å². The van der Waals surface area contributed by atoms with Crippen molar-refractivity contribution in [2.45, 2.75) is 51.5 Å². The van der Waals surface area contributed by atoms with Crippen LogP contribution >= 0.6 is 0 Å². The molecular formula is C21H23F3O7S3. The summed E-state index contributed by atoms with van der Waals surface area (Å²) < 4.78 is 119. The van der Waals surface area contributed by atoms with Crippen molar-refractivity contribution in [3.05, 3.63) is 53.6 Å². The second-order valence-corrected chi connectivity index (χ2v) is 15.0.